The molecule has 10 heavy (non-hydrogen) atoms. The minimum Gasteiger partial charge on any atom is -0.432 e. The summed E-state index contributed by atoms with van der Waals surface area (Å²) in [6.07, 6.45) is 4.20. The normalized spacial score (nSPS) is 10.3. The van der Waals surface area contributed by atoms with E-state index in [2.05, 4.69) is 17.9 Å². The second kappa shape index (κ2) is 4.56. The van der Waals surface area contributed by atoms with E-state index >= 15 is 0 Å². The van der Waals surface area contributed by atoms with Crippen LogP contribution in [0.4, 0.5) is 0 Å². The summed E-state index contributed by atoms with van der Waals surface area (Å²) in [6, 6.07) is 0. The molecule has 2 heteroatoms. The Labute approximate surface area is 60.5 Å². The van der Waals surface area contributed by atoms with Gasteiger partial charge in [-0.3, -0.25) is 0 Å². The predicted molar refractivity (Wildman–Crippen MR) is 40.2 cm³/mol. The molecule has 0 N–H and O–H groups in total. The molecule has 0 aliphatic heterocycles. The zero-order valence-electron chi connectivity index (χ0n) is 5.96. The van der Waals surface area contributed by atoms with Gasteiger partial charge < -0.3 is 4.74 Å². The molecule has 0 unspecified atom stereocenters. The van der Waals surface area contributed by atoms with E-state index in [0.29, 0.717) is 5.57 Å². The molecule has 0 spiro atoms. The minimum absolute atomic E-state index is 0.394. The molecule has 0 aliphatic carbocycles. The summed E-state index contributed by atoms with van der Waals surface area (Å²) in [4.78, 5) is 10.7. The predicted octanol–water partition coefficient (Wildman–Crippen LogP) is 1.81. The molecule has 0 aliphatic rings. The summed E-state index contributed by atoms with van der Waals surface area (Å²) < 4.78 is 4.47. The Morgan fingerprint density at radius 2 is 2.10 bits per heavy atom. The van der Waals surface area contributed by atoms with E-state index in [1.807, 2.05) is 0 Å². The number of ether oxygens (including phenoxy) is 1. The number of carbonyl (C=O) groups excluding carboxylic acids is 1. The fourth-order valence-electron chi connectivity index (χ4n) is 0.413. The van der Waals surface area contributed by atoms with Gasteiger partial charge in [0.15, 0.2) is 0 Å². The largest absolute Gasteiger partial charge is 0.432 e. The molecule has 0 aromatic carbocycles. The Morgan fingerprint density at radius 1 is 1.50 bits per heavy atom. The first kappa shape index (κ1) is 8.69. The molecule has 0 atom stereocenters. The highest BCUT2D eigenvalue weighted by molar-refractivity contribution is 5.88. The number of hydrogen-bond acceptors (Lipinski definition) is 2. The van der Waals surface area contributed by atoms with Crippen LogP contribution in [0.5, 0.6) is 0 Å². The molecule has 0 amide bonds. The Hall–Kier alpha value is -1.31. The second-order valence-corrected chi connectivity index (χ2v) is 1.66. The highest BCUT2D eigenvalue weighted by Gasteiger charge is 2.00. The smallest absolute Gasteiger partial charge is 0.338 e. The summed E-state index contributed by atoms with van der Waals surface area (Å²) in [7, 11) is 0. The van der Waals surface area contributed by atoms with Gasteiger partial charge in [0, 0.05) is 5.57 Å². The molecular formula is C8H10O2. The van der Waals surface area contributed by atoms with Crippen LogP contribution in [0.25, 0.3) is 0 Å². The van der Waals surface area contributed by atoms with Crippen molar-refractivity contribution in [1.82, 2.24) is 0 Å². The van der Waals surface area contributed by atoms with E-state index in [-0.39, 0.29) is 0 Å². The molecule has 54 valence electrons. The first-order chi connectivity index (χ1) is 4.72. The molecule has 0 rings (SSSR count). The van der Waals surface area contributed by atoms with Gasteiger partial charge in [0.25, 0.3) is 0 Å². The first-order valence-electron chi connectivity index (χ1n) is 2.83. The van der Waals surface area contributed by atoms with Crippen molar-refractivity contribution in [3.05, 3.63) is 37.1 Å². The van der Waals surface area contributed by atoms with Crippen molar-refractivity contribution in [2.75, 3.05) is 0 Å². The Balaban J connectivity index is 4.06. The standard InChI is InChI=1S/C8H10O2/c1-4-6-7(3)8(9)10-5-2/h4-6H,1-2H2,3H3. The zero-order valence-corrected chi connectivity index (χ0v) is 5.96. The van der Waals surface area contributed by atoms with Gasteiger partial charge in [0.05, 0.1) is 6.26 Å². The van der Waals surface area contributed by atoms with Gasteiger partial charge in [-0.2, -0.15) is 0 Å². The lowest BCUT2D eigenvalue weighted by Crippen LogP contribution is -1.99. The molecule has 0 radical (unpaired) electrons. The Morgan fingerprint density at radius 3 is 2.50 bits per heavy atom. The van der Waals surface area contributed by atoms with Crippen LogP contribution in [-0.4, -0.2) is 5.97 Å². The number of esters is 1. The van der Waals surface area contributed by atoms with E-state index < -0.39 is 5.97 Å². The number of allylic oxidation sites excluding steroid dienone is 2. The molecule has 0 aromatic heterocycles. The van der Waals surface area contributed by atoms with Gasteiger partial charge in [-0.25, -0.2) is 4.79 Å². The van der Waals surface area contributed by atoms with Crippen LogP contribution in [-0.2, 0) is 9.53 Å². The van der Waals surface area contributed by atoms with E-state index in [4.69, 9.17) is 0 Å². The molecular weight excluding hydrogens is 128 g/mol. The Kier molecular flexibility index (Phi) is 3.96. The number of hydrogen-bond donors (Lipinski definition) is 0. The maximum Gasteiger partial charge on any atom is 0.338 e. The fourth-order valence-corrected chi connectivity index (χ4v) is 0.413. The van der Waals surface area contributed by atoms with Crippen LogP contribution in [0.15, 0.2) is 37.1 Å². The van der Waals surface area contributed by atoms with Crippen LogP contribution in [0, 0.1) is 0 Å². The van der Waals surface area contributed by atoms with Crippen LogP contribution in [0.3, 0.4) is 0 Å². The monoisotopic (exact) mass is 138 g/mol. The molecule has 0 fully saturated rings. The first-order valence-corrected chi connectivity index (χ1v) is 2.83. The molecule has 0 saturated carbocycles. The molecule has 0 bridgehead atoms. The molecule has 0 heterocycles. The van der Waals surface area contributed by atoms with Gasteiger partial charge in [-0.15, -0.1) is 0 Å². The molecule has 0 saturated heterocycles. The fraction of sp³-hybridized carbons (Fsp3) is 0.125. The van der Waals surface area contributed by atoms with Gasteiger partial charge in [0.2, 0.25) is 0 Å². The van der Waals surface area contributed by atoms with Gasteiger partial charge >= 0.3 is 5.97 Å². The summed E-state index contributed by atoms with van der Waals surface area (Å²) in [5, 5.41) is 0. The van der Waals surface area contributed by atoms with Crippen LogP contribution >= 0.6 is 0 Å². The van der Waals surface area contributed by atoms with Crippen molar-refractivity contribution in [3.8, 4) is 0 Å². The van der Waals surface area contributed by atoms with Crippen molar-refractivity contribution in [1.29, 1.82) is 0 Å². The number of carbonyl (C=O) groups is 1. The maximum absolute atomic E-state index is 10.7. The summed E-state index contributed by atoms with van der Waals surface area (Å²) >= 11 is 0. The average Bonchev–Trinajstić information content (AvgIpc) is 1.89. The van der Waals surface area contributed by atoms with E-state index in [9.17, 15) is 4.79 Å². The van der Waals surface area contributed by atoms with Gasteiger partial charge in [0.1, 0.15) is 0 Å². The Bertz CT molecular complexity index is 178. The summed E-state index contributed by atoms with van der Waals surface area (Å²) in [5.74, 6) is -0.394. The van der Waals surface area contributed by atoms with Crippen molar-refractivity contribution >= 4 is 5.97 Å². The van der Waals surface area contributed by atoms with E-state index in [0.717, 1.165) is 6.26 Å². The second-order valence-electron chi connectivity index (χ2n) is 1.66. The van der Waals surface area contributed by atoms with E-state index in [1.165, 1.54) is 6.08 Å². The van der Waals surface area contributed by atoms with Crippen molar-refractivity contribution in [3.63, 3.8) is 0 Å². The third-order valence-corrected chi connectivity index (χ3v) is 0.880. The quantitative estimate of drug-likeness (QED) is 0.257. The number of rotatable bonds is 3. The highest BCUT2D eigenvalue weighted by Crippen LogP contribution is 1.95. The zero-order chi connectivity index (χ0) is 7.98. The van der Waals surface area contributed by atoms with Crippen LogP contribution < -0.4 is 0 Å². The maximum atomic E-state index is 10.7. The summed E-state index contributed by atoms with van der Waals surface area (Å²) in [6.45, 7) is 8.33. The van der Waals surface area contributed by atoms with Crippen LogP contribution in [0.1, 0.15) is 6.92 Å². The van der Waals surface area contributed by atoms with Crippen molar-refractivity contribution in [2.24, 2.45) is 0 Å². The lowest BCUT2D eigenvalue weighted by Gasteiger charge is -1.95. The van der Waals surface area contributed by atoms with Crippen LogP contribution in [0.2, 0.25) is 0 Å². The van der Waals surface area contributed by atoms with Gasteiger partial charge in [-0.1, -0.05) is 25.3 Å². The minimum atomic E-state index is -0.394. The van der Waals surface area contributed by atoms with E-state index in [1.54, 1.807) is 13.0 Å². The van der Waals surface area contributed by atoms with Gasteiger partial charge in [-0.05, 0) is 6.92 Å². The van der Waals surface area contributed by atoms with Crippen molar-refractivity contribution in [2.45, 2.75) is 6.92 Å². The topological polar surface area (TPSA) is 26.3 Å². The SMILES string of the molecule is C=CC=C(C)C(=O)OC=C. The molecule has 0 aromatic rings. The third kappa shape index (κ3) is 2.87. The molecule has 2 nitrogen and oxygen atoms in total. The average molecular weight is 138 g/mol. The van der Waals surface area contributed by atoms with Crippen molar-refractivity contribution < 1.29 is 9.53 Å². The third-order valence-electron chi connectivity index (χ3n) is 0.880. The summed E-state index contributed by atoms with van der Waals surface area (Å²) in [5.41, 5.74) is 0.509. The highest BCUT2D eigenvalue weighted by atomic mass is 16.5. The lowest BCUT2D eigenvalue weighted by molar-refractivity contribution is -0.133. The lowest BCUT2D eigenvalue weighted by atomic mass is 10.3.